The minimum Gasteiger partial charge on any atom is -0.484 e. The molecule has 1 amide bonds. The highest BCUT2D eigenvalue weighted by Gasteiger charge is 2.04. The zero-order valence-corrected chi connectivity index (χ0v) is 13.5. The molecule has 1 heterocycles. The highest BCUT2D eigenvalue weighted by molar-refractivity contribution is 6.29. The Bertz CT molecular complexity index is 669. The molecule has 0 atom stereocenters. The molecule has 6 heteroatoms. The van der Waals surface area contributed by atoms with Gasteiger partial charge >= 0.3 is 0 Å². The Kier molecular flexibility index (Phi) is 6.11. The van der Waals surface area contributed by atoms with Crippen LogP contribution in [0.25, 0.3) is 0 Å². The molecule has 0 saturated heterocycles. The molecule has 1 N–H and O–H groups in total. The second-order valence-electron chi connectivity index (χ2n) is 5.05. The largest absolute Gasteiger partial charge is 0.484 e. The van der Waals surface area contributed by atoms with Crippen molar-refractivity contribution in [3.63, 3.8) is 0 Å². The summed E-state index contributed by atoms with van der Waals surface area (Å²) in [6.45, 7) is 1.47. The summed E-state index contributed by atoms with van der Waals surface area (Å²) in [5.41, 5.74) is 1.62. The van der Waals surface area contributed by atoms with Gasteiger partial charge in [-0.15, -0.1) is 0 Å². The number of amides is 1. The van der Waals surface area contributed by atoms with Crippen LogP contribution in [0.2, 0.25) is 5.15 Å². The molecule has 0 aliphatic rings. The van der Waals surface area contributed by atoms with Crippen LogP contribution in [-0.4, -0.2) is 23.3 Å². The average molecular weight is 333 g/mol. The maximum absolute atomic E-state index is 11.8. The monoisotopic (exact) mass is 332 g/mol. The molecule has 2 aromatic rings. The standard InChI is InChI=1S/C17H17ClN2O3/c1-12(21)2-3-13-4-7-15(8-5-13)23-11-17(22)20-14-6-9-16(18)19-10-14/h4-10H,2-3,11H2,1H3,(H,20,22). The van der Waals surface area contributed by atoms with Crippen molar-refractivity contribution in [2.45, 2.75) is 19.8 Å². The van der Waals surface area contributed by atoms with Crippen molar-refractivity contribution >= 4 is 29.0 Å². The van der Waals surface area contributed by atoms with Crippen molar-refractivity contribution in [2.24, 2.45) is 0 Å². The zero-order chi connectivity index (χ0) is 16.7. The molecule has 5 nitrogen and oxygen atoms in total. The van der Waals surface area contributed by atoms with Gasteiger partial charge in [-0.2, -0.15) is 0 Å². The Hall–Kier alpha value is -2.40. The lowest BCUT2D eigenvalue weighted by molar-refractivity contribution is -0.118. The molecule has 0 fully saturated rings. The van der Waals surface area contributed by atoms with Crippen LogP contribution in [0.1, 0.15) is 18.9 Å². The number of Topliss-reactive ketones (excluding diaryl/α,β-unsaturated/α-hetero) is 1. The van der Waals surface area contributed by atoms with E-state index in [4.69, 9.17) is 16.3 Å². The number of nitrogens with one attached hydrogen (secondary N) is 1. The number of halogens is 1. The Balaban J connectivity index is 1.79. The van der Waals surface area contributed by atoms with Crippen molar-refractivity contribution in [3.05, 3.63) is 53.3 Å². The fraction of sp³-hybridized carbons (Fsp3) is 0.235. The van der Waals surface area contributed by atoms with E-state index in [2.05, 4.69) is 10.3 Å². The molecule has 0 aliphatic carbocycles. The lowest BCUT2D eigenvalue weighted by Gasteiger charge is -2.08. The first-order valence-corrected chi connectivity index (χ1v) is 7.53. The van der Waals surface area contributed by atoms with E-state index < -0.39 is 0 Å². The normalized spacial score (nSPS) is 10.2. The van der Waals surface area contributed by atoms with Gasteiger partial charge in [0.25, 0.3) is 5.91 Å². The fourth-order valence-electron chi connectivity index (χ4n) is 1.87. The number of benzene rings is 1. The molecule has 0 unspecified atom stereocenters. The predicted octanol–water partition coefficient (Wildman–Crippen LogP) is 3.27. The van der Waals surface area contributed by atoms with Gasteiger partial charge in [0.15, 0.2) is 6.61 Å². The van der Waals surface area contributed by atoms with Gasteiger partial charge in [-0.05, 0) is 43.2 Å². The number of carbonyl (C=O) groups is 2. The van der Waals surface area contributed by atoms with E-state index in [1.54, 1.807) is 31.2 Å². The molecule has 23 heavy (non-hydrogen) atoms. The number of nitrogens with zero attached hydrogens (tertiary/aromatic N) is 1. The van der Waals surface area contributed by atoms with E-state index in [1.165, 1.54) is 6.20 Å². The Morgan fingerprint density at radius 1 is 1.17 bits per heavy atom. The first-order valence-electron chi connectivity index (χ1n) is 7.15. The van der Waals surface area contributed by atoms with Gasteiger partial charge in [0.1, 0.15) is 16.7 Å². The molecule has 2 rings (SSSR count). The van der Waals surface area contributed by atoms with Gasteiger partial charge in [0.05, 0.1) is 11.9 Å². The zero-order valence-electron chi connectivity index (χ0n) is 12.7. The Morgan fingerprint density at radius 2 is 1.91 bits per heavy atom. The number of pyridine rings is 1. The SMILES string of the molecule is CC(=O)CCc1ccc(OCC(=O)Nc2ccc(Cl)nc2)cc1. The summed E-state index contributed by atoms with van der Waals surface area (Å²) in [6, 6.07) is 10.6. The number of anilines is 1. The van der Waals surface area contributed by atoms with Crippen molar-refractivity contribution < 1.29 is 14.3 Å². The molecule has 120 valence electrons. The molecular weight excluding hydrogens is 316 g/mol. The number of ether oxygens (including phenoxy) is 1. The van der Waals surface area contributed by atoms with Gasteiger partial charge in [-0.1, -0.05) is 23.7 Å². The molecule has 0 saturated carbocycles. The van der Waals surface area contributed by atoms with Gasteiger partial charge in [0.2, 0.25) is 0 Å². The van der Waals surface area contributed by atoms with E-state index >= 15 is 0 Å². The molecule has 1 aromatic heterocycles. The third kappa shape index (κ3) is 6.08. The first-order chi connectivity index (χ1) is 11.0. The van der Waals surface area contributed by atoms with Crippen molar-refractivity contribution in [3.8, 4) is 5.75 Å². The summed E-state index contributed by atoms with van der Waals surface area (Å²) in [5, 5.41) is 3.03. The highest BCUT2D eigenvalue weighted by Crippen LogP contribution is 2.14. The maximum Gasteiger partial charge on any atom is 0.262 e. The average Bonchev–Trinajstić information content (AvgIpc) is 2.54. The first kappa shape index (κ1) is 17.0. The summed E-state index contributed by atoms with van der Waals surface area (Å²) < 4.78 is 5.42. The molecular formula is C17H17ClN2O3. The third-order valence-electron chi connectivity index (χ3n) is 3.07. The fourth-order valence-corrected chi connectivity index (χ4v) is 1.98. The summed E-state index contributed by atoms with van der Waals surface area (Å²) in [4.78, 5) is 26.6. The van der Waals surface area contributed by atoms with Gasteiger partial charge in [-0.3, -0.25) is 4.79 Å². The highest BCUT2D eigenvalue weighted by atomic mass is 35.5. The number of carbonyl (C=O) groups excluding carboxylic acids is 2. The number of hydrogen-bond donors (Lipinski definition) is 1. The minimum absolute atomic E-state index is 0.102. The van der Waals surface area contributed by atoms with Crippen LogP contribution < -0.4 is 10.1 Å². The summed E-state index contributed by atoms with van der Waals surface area (Å²) in [7, 11) is 0. The van der Waals surface area contributed by atoms with Crippen molar-refractivity contribution in [2.75, 3.05) is 11.9 Å². The van der Waals surface area contributed by atoms with Crippen molar-refractivity contribution in [1.29, 1.82) is 0 Å². The maximum atomic E-state index is 11.8. The van der Waals surface area contributed by atoms with E-state index in [1.807, 2.05) is 12.1 Å². The lowest BCUT2D eigenvalue weighted by atomic mass is 10.1. The van der Waals surface area contributed by atoms with Gasteiger partial charge in [-0.25, -0.2) is 4.98 Å². The Morgan fingerprint density at radius 3 is 2.52 bits per heavy atom. The molecule has 1 aromatic carbocycles. The molecule has 0 aliphatic heterocycles. The van der Waals surface area contributed by atoms with E-state index in [0.29, 0.717) is 29.4 Å². The number of aryl methyl sites for hydroxylation is 1. The smallest absolute Gasteiger partial charge is 0.262 e. The van der Waals surface area contributed by atoms with Crippen LogP contribution in [-0.2, 0) is 16.0 Å². The van der Waals surface area contributed by atoms with Gasteiger partial charge in [0, 0.05) is 6.42 Å². The van der Waals surface area contributed by atoms with Crippen LogP contribution >= 0.6 is 11.6 Å². The summed E-state index contributed by atoms with van der Waals surface area (Å²) in [6.07, 6.45) is 2.71. The number of hydrogen-bond acceptors (Lipinski definition) is 4. The van der Waals surface area contributed by atoms with Crippen LogP contribution in [0.3, 0.4) is 0 Å². The summed E-state index contributed by atoms with van der Waals surface area (Å²) >= 11 is 5.67. The third-order valence-corrected chi connectivity index (χ3v) is 3.29. The Labute approximate surface area is 139 Å². The van der Waals surface area contributed by atoms with Crippen molar-refractivity contribution in [1.82, 2.24) is 4.98 Å². The second kappa shape index (κ2) is 8.29. The van der Waals surface area contributed by atoms with E-state index in [9.17, 15) is 9.59 Å². The summed E-state index contributed by atoms with van der Waals surface area (Å²) in [5.74, 6) is 0.481. The molecule has 0 spiro atoms. The van der Waals surface area contributed by atoms with Crippen LogP contribution in [0, 0.1) is 0 Å². The number of ketones is 1. The van der Waals surface area contributed by atoms with E-state index in [0.717, 1.165) is 5.56 Å². The van der Waals surface area contributed by atoms with Crippen LogP contribution in [0.15, 0.2) is 42.6 Å². The van der Waals surface area contributed by atoms with Crippen LogP contribution in [0.4, 0.5) is 5.69 Å². The quantitative estimate of drug-likeness (QED) is 0.790. The van der Waals surface area contributed by atoms with E-state index in [-0.39, 0.29) is 18.3 Å². The lowest BCUT2D eigenvalue weighted by Crippen LogP contribution is -2.20. The number of aromatic nitrogens is 1. The van der Waals surface area contributed by atoms with Crippen LogP contribution in [0.5, 0.6) is 5.75 Å². The predicted molar refractivity (Wildman–Crippen MR) is 88.8 cm³/mol. The molecule has 0 bridgehead atoms. The number of rotatable bonds is 7. The minimum atomic E-state index is -0.283. The van der Waals surface area contributed by atoms with Gasteiger partial charge < -0.3 is 14.8 Å². The second-order valence-corrected chi connectivity index (χ2v) is 5.44. The topological polar surface area (TPSA) is 68.3 Å². The molecule has 0 radical (unpaired) electrons.